The highest BCUT2D eigenvalue weighted by Gasteiger charge is 2.08. The van der Waals surface area contributed by atoms with E-state index in [0.29, 0.717) is 0 Å². The lowest BCUT2D eigenvalue weighted by atomic mass is 9.92. The zero-order valence-corrected chi connectivity index (χ0v) is 13.9. The van der Waals surface area contributed by atoms with E-state index >= 15 is 0 Å². The summed E-state index contributed by atoms with van der Waals surface area (Å²) in [5.41, 5.74) is 2.75. The molecule has 5 rings (SSSR count). The van der Waals surface area contributed by atoms with Crippen molar-refractivity contribution in [3.05, 3.63) is 83.9 Å². The Bertz CT molecular complexity index is 1160. The average Bonchev–Trinajstić information content (AvgIpc) is 2.61. The first kappa shape index (κ1) is 13.6. The van der Waals surface area contributed by atoms with E-state index in [1.165, 1.54) is 54.2 Å². The normalized spacial score (nSPS) is 11.8. The van der Waals surface area contributed by atoms with E-state index in [2.05, 4.69) is 86.6 Å². The lowest BCUT2D eigenvalue weighted by molar-refractivity contribution is 1.57. The van der Waals surface area contributed by atoms with E-state index in [-0.39, 0.29) is 0 Å². The number of rotatable bonds is 0. The molecule has 0 fully saturated rings. The van der Waals surface area contributed by atoms with Gasteiger partial charge in [0.05, 0.1) is 0 Å². The molecule has 0 unspecified atom stereocenters. The maximum atomic E-state index is 2.38. The lowest BCUT2D eigenvalue weighted by Gasteiger charge is -2.12. The Morgan fingerprint density at radius 3 is 1.33 bits per heavy atom. The molecule has 5 aromatic rings. The molecule has 114 valence electrons. The van der Waals surface area contributed by atoms with E-state index in [4.69, 9.17) is 0 Å². The summed E-state index contributed by atoms with van der Waals surface area (Å²) >= 11 is 0. The third-order valence-corrected chi connectivity index (χ3v) is 5.38. The Morgan fingerprint density at radius 2 is 0.833 bits per heavy atom. The van der Waals surface area contributed by atoms with Gasteiger partial charge in [-0.05, 0) is 92.3 Å². The highest BCUT2D eigenvalue weighted by Crippen LogP contribution is 2.34. The van der Waals surface area contributed by atoms with Gasteiger partial charge in [-0.3, -0.25) is 0 Å². The number of hydrogen-bond donors (Lipinski definition) is 0. The van der Waals surface area contributed by atoms with Crippen LogP contribution in [-0.4, -0.2) is 0 Å². The number of aryl methyl sites for hydroxylation is 2. The van der Waals surface area contributed by atoms with Crippen molar-refractivity contribution in [3.63, 3.8) is 0 Å². The smallest absolute Gasteiger partial charge is 0.0142 e. The first-order valence-electron chi connectivity index (χ1n) is 8.46. The summed E-state index contributed by atoms with van der Waals surface area (Å²) < 4.78 is 0. The third-order valence-electron chi connectivity index (χ3n) is 5.38. The van der Waals surface area contributed by atoms with Gasteiger partial charge in [0.25, 0.3) is 0 Å². The molecule has 24 heavy (non-hydrogen) atoms. The van der Waals surface area contributed by atoms with Gasteiger partial charge in [-0.1, -0.05) is 48.5 Å². The van der Waals surface area contributed by atoms with Gasteiger partial charge in [0.2, 0.25) is 0 Å². The van der Waals surface area contributed by atoms with Crippen LogP contribution in [0.1, 0.15) is 11.1 Å². The predicted octanol–water partition coefficient (Wildman–Crippen LogP) is 6.92. The van der Waals surface area contributed by atoms with E-state index in [1.54, 1.807) is 0 Å². The molecular formula is C24H18. The van der Waals surface area contributed by atoms with Crippen molar-refractivity contribution in [2.75, 3.05) is 0 Å². The molecule has 0 saturated heterocycles. The molecule has 0 bridgehead atoms. The second-order valence-electron chi connectivity index (χ2n) is 6.74. The van der Waals surface area contributed by atoms with Crippen molar-refractivity contribution in [2.45, 2.75) is 13.8 Å². The summed E-state index contributed by atoms with van der Waals surface area (Å²) in [6, 6.07) is 26.7. The van der Waals surface area contributed by atoms with Gasteiger partial charge < -0.3 is 0 Å². The van der Waals surface area contributed by atoms with Crippen LogP contribution in [0, 0.1) is 13.8 Å². The second-order valence-corrected chi connectivity index (χ2v) is 6.74. The molecule has 0 radical (unpaired) electrons. The number of fused-ring (bicyclic) bond motifs is 4. The zero-order chi connectivity index (χ0) is 16.3. The lowest BCUT2D eigenvalue weighted by Crippen LogP contribution is -1.87. The summed E-state index contributed by atoms with van der Waals surface area (Å²) in [6.45, 7) is 4.49. The van der Waals surface area contributed by atoms with Gasteiger partial charge in [0.15, 0.2) is 0 Å². The van der Waals surface area contributed by atoms with Gasteiger partial charge in [-0.2, -0.15) is 0 Å². The largest absolute Gasteiger partial charge is 0.0616 e. The second kappa shape index (κ2) is 4.82. The highest BCUT2D eigenvalue weighted by atomic mass is 14.1. The molecule has 0 spiro atoms. The van der Waals surface area contributed by atoms with Crippen molar-refractivity contribution < 1.29 is 0 Å². The van der Waals surface area contributed by atoms with Crippen molar-refractivity contribution >= 4 is 43.1 Å². The molecule has 0 heterocycles. The molecule has 0 aliphatic heterocycles. The molecule has 0 aliphatic carbocycles. The van der Waals surface area contributed by atoms with Gasteiger partial charge in [-0.15, -0.1) is 0 Å². The minimum Gasteiger partial charge on any atom is -0.0616 e. The van der Waals surface area contributed by atoms with Crippen molar-refractivity contribution in [1.29, 1.82) is 0 Å². The maximum Gasteiger partial charge on any atom is -0.0142 e. The van der Waals surface area contributed by atoms with Crippen LogP contribution in [0.3, 0.4) is 0 Å². The summed E-state index contributed by atoms with van der Waals surface area (Å²) in [6.07, 6.45) is 0. The fraction of sp³-hybridized carbons (Fsp3) is 0.0833. The molecule has 0 nitrogen and oxygen atoms in total. The number of hydrogen-bond acceptors (Lipinski definition) is 0. The third kappa shape index (κ3) is 1.80. The molecular weight excluding hydrogens is 288 g/mol. The fourth-order valence-electron chi connectivity index (χ4n) is 4.08. The fourth-order valence-corrected chi connectivity index (χ4v) is 4.08. The standard InChI is InChI=1S/C24H18/c1-15-21-9-5-3-7-17(21)11-19-13-20-12-18-8-4-6-10-22(18)16(2)24(20)14-23(15)19/h3-14H,1-2H3. The average molecular weight is 306 g/mol. The number of benzene rings is 5. The van der Waals surface area contributed by atoms with Crippen LogP contribution in [0.15, 0.2) is 72.8 Å². The van der Waals surface area contributed by atoms with Crippen molar-refractivity contribution in [2.24, 2.45) is 0 Å². The van der Waals surface area contributed by atoms with Crippen LogP contribution in [0.2, 0.25) is 0 Å². The molecule has 5 aromatic carbocycles. The molecule has 0 N–H and O–H groups in total. The van der Waals surface area contributed by atoms with Crippen LogP contribution in [0.4, 0.5) is 0 Å². The molecule has 0 saturated carbocycles. The van der Waals surface area contributed by atoms with Gasteiger partial charge in [0, 0.05) is 0 Å². The van der Waals surface area contributed by atoms with Gasteiger partial charge in [0.1, 0.15) is 0 Å². The molecule has 0 heteroatoms. The van der Waals surface area contributed by atoms with Gasteiger partial charge >= 0.3 is 0 Å². The Kier molecular flexibility index (Phi) is 2.72. The molecule has 0 aromatic heterocycles. The van der Waals surface area contributed by atoms with Crippen LogP contribution >= 0.6 is 0 Å². The molecule has 0 amide bonds. The summed E-state index contributed by atoms with van der Waals surface area (Å²) in [4.78, 5) is 0. The van der Waals surface area contributed by atoms with Gasteiger partial charge in [-0.25, -0.2) is 0 Å². The zero-order valence-electron chi connectivity index (χ0n) is 13.9. The van der Waals surface area contributed by atoms with Crippen LogP contribution in [-0.2, 0) is 0 Å². The maximum absolute atomic E-state index is 2.38. The van der Waals surface area contributed by atoms with E-state index < -0.39 is 0 Å². The van der Waals surface area contributed by atoms with E-state index in [1.807, 2.05) is 0 Å². The Balaban J connectivity index is 2.01. The Morgan fingerprint density at radius 1 is 0.417 bits per heavy atom. The monoisotopic (exact) mass is 306 g/mol. The van der Waals surface area contributed by atoms with E-state index in [0.717, 1.165) is 0 Å². The SMILES string of the molecule is Cc1c2ccccc2cc2cc3cc4ccccc4c(C)c3cc12. The summed E-state index contributed by atoms with van der Waals surface area (Å²) in [5.74, 6) is 0. The first-order chi connectivity index (χ1) is 11.7. The quantitative estimate of drug-likeness (QED) is 0.272. The van der Waals surface area contributed by atoms with Crippen molar-refractivity contribution in [1.82, 2.24) is 0 Å². The van der Waals surface area contributed by atoms with Crippen LogP contribution in [0.25, 0.3) is 43.1 Å². The molecule has 0 atom stereocenters. The predicted molar refractivity (Wildman–Crippen MR) is 106 cm³/mol. The topological polar surface area (TPSA) is 0 Å². The first-order valence-corrected chi connectivity index (χ1v) is 8.46. The Hall–Kier alpha value is -2.86. The van der Waals surface area contributed by atoms with Crippen LogP contribution < -0.4 is 0 Å². The summed E-state index contributed by atoms with van der Waals surface area (Å²) in [7, 11) is 0. The van der Waals surface area contributed by atoms with Crippen LogP contribution in [0.5, 0.6) is 0 Å². The highest BCUT2D eigenvalue weighted by molar-refractivity contribution is 6.11. The summed E-state index contributed by atoms with van der Waals surface area (Å²) in [5, 5.41) is 10.7. The Labute approximate surface area is 141 Å². The minimum atomic E-state index is 1.32. The molecule has 0 aliphatic rings. The van der Waals surface area contributed by atoms with Crippen molar-refractivity contribution in [3.8, 4) is 0 Å². The van der Waals surface area contributed by atoms with E-state index in [9.17, 15) is 0 Å². The minimum absolute atomic E-state index is 1.32.